The lowest BCUT2D eigenvalue weighted by Gasteiger charge is -2.22. The Bertz CT molecular complexity index is 431. The van der Waals surface area contributed by atoms with Gasteiger partial charge < -0.3 is 4.90 Å². The highest BCUT2D eigenvalue weighted by Gasteiger charge is 2.27. The van der Waals surface area contributed by atoms with Crippen LogP contribution in [0.1, 0.15) is 22.3 Å². The van der Waals surface area contributed by atoms with Crippen LogP contribution in [0.2, 0.25) is 0 Å². The summed E-state index contributed by atoms with van der Waals surface area (Å²) >= 11 is 0. The summed E-state index contributed by atoms with van der Waals surface area (Å²) in [5.74, 6) is 0.178. The first-order valence-electron chi connectivity index (χ1n) is 6.05. The SMILES string of the molecule is Cc1cc(C)c(CC2NCC(=O)N2C)c(C)c1. The number of carbonyl (C=O) groups excluding carboxylic acids is 1. The van der Waals surface area contributed by atoms with Gasteiger partial charge >= 0.3 is 0 Å². The molecule has 1 aliphatic rings. The van der Waals surface area contributed by atoms with E-state index in [9.17, 15) is 4.79 Å². The van der Waals surface area contributed by atoms with Gasteiger partial charge in [-0.05, 0) is 37.5 Å². The maximum absolute atomic E-state index is 11.5. The fourth-order valence-corrected chi connectivity index (χ4v) is 2.57. The van der Waals surface area contributed by atoms with E-state index in [4.69, 9.17) is 0 Å². The molecule has 1 atom stereocenters. The highest BCUT2D eigenvalue weighted by molar-refractivity contribution is 5.80. The molecular weight excluding hydrogens is 212 g/mol. The Morgan fingerprint density at radius 1 is 1.29 bits per heavy atom. The van der Waals surface area contributed by atoms with Crippen molar-refractivity contribution in [2.75, 3.05) is 13.6 Å². The molecule has 1 amide bonds. The third-order valence-corrected chi connectivity index (χ3v) is 3.59. The van der Waals surface area contributed by atoms with Gasteiger partial charge in [-0.3, -0.25) is 10.1 Å². The van der Waals surface area contributed by atoms with Gasteiger partial charge in [0, 0.05) is 13.5 Å². The third kappa shape index (κ3) is 2.34. The zero-order chi connectivity index (χ0) is 12.6. The first-order chi connectivity index (χ1) is 7.99. The summed E-state index contributed by atoms with van der Waals surface area (Å²) in [5.41, 5.74) is 5.29. The number of hydrogen-bond acceptors (Lipinski definition) is 2. The number of likely N-dealkylation sites (N-methyl/N-ethyl adjacent to an activating group) is 1. The van der Waals surface area contributed by atoms with Gasteiger partial charge in [-0.1, -0.05) is 17.7 Å². The van der Waals surface area contributed by atoms with E-state index in [1.165, 1.54) is 22.3 Å². The average Bonchev–Trinajstić information content (AvgIpc) is 2.54. The van der Waals surface area contributed by atoms with Crippen molar-refractivity contribution in [1.82, 2.24) is 10.2 Å². The van der Waals surface area contributed by atoms with Gasteiger partial charge in [0.05, 0.1) is 12.7 Å². The van der Waals surface area contributed by atoms with Crippen LogP contribution in [0.5, 0.6) is 0 Å². The molecule has 1 aromatic carbocycles. The normalized spacial score (nSPS) is 20.1. The molecule has 0 saturated carbocycles. The molecule has 92 valence electrons. The van der Waals surface area contributed by atoms with Crippen LogP contribution in [0.25, 0.3) is 0 Å². The number of nitrogens with zero attached hydrogens (tertiary/aromatic N) is 1. The third-order valence-electron chi connectivity index (χ3n) is 3.59. The summed E-state index contributed by atoms with van der Waals surface area (Å²) in [6, 6.07) is 4.41. The van der Waals surface area contributed by atoms with Gasteiger partial charge in [-0.25, -0.2) is 0 Å². The fraction of sp³-hybridized carbons (Fsp3) is 0.500. The molecule has 0 aromatic heterocycles. The molecule has 0 radical (unpaired) electrons. The van der Waals surface area contributed by atoms with E-state index in [1.807, 2.05) is 7.05 Å². The van der Waals surface area contributed by atoms with Crippen LogP contribution >= 0.6 is 0 Å². The molecule has 0 spiro atoms. The monoisotopic (exact) mass is 232 g/mol. The Kier molecular flexibility index (Phi) is 3.20. The van der Waals surface area contributed by atoms with Crippen LogP contribution in [0, 0.1) is 20.8 Å². The van der Waals surface area contributed by atoms with Gasteiger partial charge in [-0.15, -0.1) is 0 Å². The van der Waals surface area contributed by atoms with Gasteiger partial charge in [0.25, 0.3) is 0 Å². The molecule has 17 heavy (non-hydrogen) atoms. The van der Waals surface area contributed by atoms with Crippen molar-refractivity contribution in [3.8, 4) is 0 Å². The highest BCUT2D eigenvalue weighted by Crippen LogP contribution is 2.19. The molecule has 1 aromatic rings. The largest absolute Gasteiger partial charge is 0.329 e. The number of hydrogen-bond donors (Lipinski definition) is 1. The Morgan fingerprint density at radius 2 is 1.88 bits per heavy atom. The van der Waals surface area contributed by atoms with Crippen molar-refractivity contribution in [3.05, 3.63) is 34.4 Å². The second kappa shape index (κ2) is 4.49. The van der Waals surface area contributed by atoms with Gasteiger partial charge in [0.15, 0.2) is 0 Å². The topological polar surface area (TPSA) is 32.3 Å². The van der Waals surface area contributed by atoms with E-state index >= 15 is 0 Å². The average molecular weight is 232 g/mol. The zero-order valence-corrected chi connectivity index (χ0v) is 11.0. The standard InChI is InChI=1S/C14H20N2O/c1-9-5-10(2)12(11(3)6-9)7-13-15-8-14(17)16(13)4/h5-6,13,15H,7-8H2,1-4H3. The molecular formula is C14H20N2O. The summed E-state index contributed by atoms with van der Waals surface area (Å²) in [6.45, 7) is 6.87. The van der Waals surface area contributed by atoms with Crippen LogP contribution in [0.4, 0.5) is 0 Å². The second-order valence-corrected chi connectivity index (χ2v) is 4.98. The molecule has 1 N–H and O–H groups in total. The van der Waals surface area contributed by atoms with Crippen molar-refractivity contribution in [1.29, 1.82) is 0 Å². The van der Waals surface area contributed by atoms with Crippen molar-refractivity contribution >= 4 is 5.91 Å². The summed E-state index contributed by atoms with van der Waals surface area (Å²) < 4.78 is 0. The van der Waals surface area contributed by atoms with Crippen LogP contribution in [0.3, 0.4) is 0 Å². The van der Waals surface area contributed by atoms with Crippen molar-refractivity contribution in [2.24, 2.45) is 0 Å². The number of benzene rings is 1. The predicted octanol–water partition coefficient (Wildman–Crippen LogP) is 1.54. The van der Waals surface area contributed by atoms with Gasteiger partial charge in [-0.2, -0.15) is 0 Å². The quantitative estimate of drug-likeness (QED) is 0.839. The Hall–Kier alpha value is -1.35. The number of rotatable bonds is 2. The number of amides is 1. The molecule has 1 unspecified atom stereocenters. The van der Waals surface area contributed by atoms with E-state index in [0.29, 0.717) is 6.54 Å². The summed E-state index contributed by atoms with van der Waals surface area (Å²) in [7, 11) is 1.87. The highest BCUT2D eigenvalue weighted by atomic mass is 16.2. The molecule has 1 saturated heterocycles. The molecule has 0 bridgehead atoms. The van der Waals surface area contributed by atoms with Crippen LogP contribution in [0.15, 0.2) is 12.1 Å². The van der Waals surface area contributed by atoms with Crippen molar-refractivity contribution in [3.63, 3.8) is 0 Å². The van der Waals surface area contributed by atoms with E-state index in [1.54, 1.807) is 4.90 Å². The summed E-state index contributed by atoms with van der Waals surface area (Å²) in [4.78, 5) is 13.3. The van der Waals surface area contributed by atoms with Gasteiger partial charge in [0.1, 0.15) is 0 Å². The molecule has 3 heteroatoms. The maximum atomic E-state index is 11.5. The fourth-order valence-electron chi connectivity index (χ4n) is 2.57. The molecule has 1 aliphatic heterocycles. The van der Waals surface area contributed by atoms with Gasteiger partial charge in [0.2, 0.25) is 5.91 Å². The number of nitrogens with one attached hydrogen (secondary N) is 1. The first kappa shape index (κ1) is 12.1. The van der Waals surface area contributed by atoms with E-state index in [0.717, 1.165) is 6.42 Å². The molecule has 0 aliphatic carbocycles. The minimum Gasteiger partial charge on any atom is -0.329 e. The maximum Gasteiger partial charge on any atom is 0.237 e. The minimum absolute atomic E-state index is 0.141. The lowest BCUT2D eigenvalue weighted by molar-refractivity contribution is -0.126. The zero-order valence-electron chi connectivity index (χ0n) is 11.0. The Morgan fingerprint density at radius 3 is 2.35 bits per heavy atom. The molecule has 3 nitrogen and oxygen atoms in total. The lowest BCUT2D eigenvalue weighted by Crippen LogP contribution is -2.36. The van der Waals surface area contributed by atoms with E-state index in [-0.39, 0.29) is 12.1 Å². The van der Waals surface area contributed by atoms with Crippen LogP contribution in [-0.4, -0.2) is 30.6 Å². The lowest BCUT2D eigenvalue weighted by atomic mass is 9.96. The Balaban J connectivity index is 2.22. The minimum atomic E-state index is 0.141. The summed E-state index contributed by atoms with van der Waals surface area (Å²) in [5, 5.41) is 3.25. The summed E-state index contributed by atoms with van der Waals surface area (Å²) in [6.07, 6.45) is 1.03. The van der Waals surface area contributed by atoms with Crippen molar-refractivity contribution < 1.29 is 4.79 Å². The molecule has 1 heterocycles. The second-order valence-electron chi connectivity index (χ2n) is 4.98. The molecule has 1 fully saturated rings. The first-order valence-corrected chi connectivity index (χ1v) is 6.05. The smallest absolute Gasteiger partial charge is 0.237 e. The van der Waals surface area contributed by atoms with E-state index in [2.05, 4.69) is 38.2 Å². The number of aryl methyl sites for hydroxylation is 3. The van der Waals surface area contributed by atoms with Crippen LogP contribution < -0.4 is 5.32 Å². The van der Waals surface area contributed by atoms with Crippen molar-refractivity contribution in [2.45, 2.75) is 33.4 Å². The number of carbonyl (C=O) groups is 1. The molecule has 2 rings (SSSR count). The predicted molar refractivity (Wildman–Crippen MR) is 68.9 cm³/mol. The van der Waals surface area contributed by atoms with E-state index < -0.39 is 0 Å². The Labute approximate surface area is 103 Å². The van der Waals surface area contributed by atoms with Crippen LogP contribution in [-0.2, 0) is 11.2 Å².